The van der Waals surface area contributed by atoms with Crippen molar-refractivity contribution in [1.29, 1.82) is 0 Å². The molecule has 0 aliphatic carbocycles. The highest BCUT2D eigenvalue weighted by Gasteiger charge is 2.07. The number of methoxy groups -OCH3 is 1. The zero-order valence-electron chi connectivity index (χ0n) is 12.9. The molecule has 0 amide bonds. The molecule has 0 saturated heterocycles. The highest BCUT2D eigenvalue weighted by atomic mass is 16.5. The summed E-state index contributed by atoms with van der Waals surface area (Å²) in [5, 5.41) is 3.45. The van der Waals surface area contributed by atoms with E-state index >= 15 is 0 Å². The first kappa shape index (κ1) is 15.2. The van der Waals surface area contributed by atoms with Crippen LogP contribution >= 0.6 is 0 Å². The Bertz CT molecular complexity index is 554. The molecule has 2 rings (SSSR count). The zero-order valence-corrected chi connectivity index (χ0v) is 12.9. The first-order chi connectivity index (χ1) is 10.2. The van der Waals surface area contributed by atoms with Gasteiger partial charge in [0, 0.05) is 18.3 Å². The Labute approximate surface area is 126 Å². The lowest BCUT2D eigenvalue weighted by Gasteiger charge is -2.16. The molecule has 0 heterocycles. The summed E-state index contributed by atoms with van der Waals surface area (Å²) in [6.07, 6.45) is 0. The van der Waals surface area contributed by atoms with Crippen LogP contribution in [0.25, 0.3) is 0 Å². The maximum Gasteiger partial charge on any atom is 0.162 e. The molecule has 2 aromatic rings. The van der Waals surface area contributed by atoms with Crippen molar-refractivity contribution >= 4 is 5.69 Å². The lowest BCUT2D eigenvalue weighted by atomic mass is 10.0. The van der Waals surface area contributed by atoms with Crippen LogP contribution in [0.2, 0.25) is 0 Å². The van der Waals surface area contributed by atoms with Crippen LogP contribution in [0.15, 0.2) is 48.5 Å². The van der Waals surface area contributed by atoms with E-state index in [1.54, 1.807) is 7.11 Å². The molecule has 0 aliphatic rings. The Hall–Kier alpha value is -2.16. The molecule has 0 saturated carbocycles. The van der Waals surface area contributed by atoms with E-state index in [2.05, 4.69) is 36.5 Å². The van der Waals surface area contributed by atoms with Gasteiger partial charge in [0.2, 0.25) is 0 Å². The van der Waals surface area contributed by atoms with Crippen molar-refractivity contribution in [3.8, 4) is 11.5 Å². The lowest BCUT2D eigenvalue weighted by Crippen LogP contribution is -2.09. The first-order valence-electron chi connectivity index (χ1n) is 7.34. The van der Waals surface area contributed by atoms with Crippen LogP contribution in [0.5, 0.6) is 11.5 Å². The third kappa shape index (κ3) is 4.15. The molecule has 112 valence electrons. The second-order valence-corrected chi connectivity index (χ2v) is 4.99. The molecule has 0 radical (unpaired) electrons. The van der Waals surface area contributed by atoms with Gasteiger partial charge in [-0.05, 0) is 30.5 Å². The average molecular weight is 285 g/mol. The summed E-state index contributed by atoms with van der Waals surface area (Å²) in [7, 11) is 1.66. The van der Waals surface area contributed by atoms with Gasteiger partial charge in [-0.15, -0.1) is 0 Å². The largest absolute Gasteiger partial charge is 0.493 e. The van der Waals surface area contributed by atoms with Gasteiger partial charge in [0.1, 0.15) is 0 Å². The Morgan fingerprint density at radius 1 is 1.05 bits per heavy atom. The minimum absolute atomic E-state index is 0.448. The van der Waals surface area contributed by atoms with E-state index in [0.29, 0.717) is 12.5 Å². The highest BCUT2D eigenvalue weighted by Crippen LogP contribution is 2.30. The van der Waals surface area contributed by atoms with Crippen molar-refractivity contribution in [2.75, 3.05) is 25.6 Å². The van der Waals surface area contributed by atoms with Gasteiger partial charge in [-0.25, -0.2) is 0 Å². The molecule has 0 fully saturated rings. The van der Waals surface area contributed by atoms with Gasteiger partial charge in [0.25, 0.3) is 0 Å². The number of benzene rings is 2. The normalized spacial score (nSPS) is 11.8. The quantitative estimate of drug-likeness (QED) is 0.822. The summed E-state index contributed by atoms with van der Waals surface area (Å²) in [6.45, 7) is 5.69. The molecule has 0 spiro atoms. The summed E-state index contributed by atoms with van der Waals surface area (Å²) in [6, 6.07) is 16.4. The molecule has 21 heavy (non-hydrogen) atoms. The zero-order chi connectivity index (χ0) is 15.1. The fourth-order valence-corrected chi connectivity index (χ4v) is 2.22. The maximum atomic E-state index is 5.53. The molecular formula is C18H23NO2. The Morgan fingerprint density at radius 2 is 1.81 bits per heavy atom. The van der Waals surface area contributed by atoms with Crippen LogP contribution in [0.3, 0.4) is 0 Å². The monoisotopic (exact) mass is 285 g/mol. The molecule has 3 heteroatoms. The average Bonchev–Trinajstić information content (AvgIpc) is 2.54. The Balaban J connectivity index is 2.00. The van der Waals surface area contributed by atoms with Crippen LogP contribution in [-0.4, -0.2) is 20.3 Å². The van der Waals surface area contributed by atoms with Crippen LogP contribution < -0.4 is 14.8 Å². The fraction of sp³-hybridized carbons (Fsp3) is 0.333. The van der Waals surface area contributed by atoms with Gasteiger partial charge in [0.15, 0.2) is 11.5 Å². The number of ether oxygens (including phenoxy) is 2. The van der Waals surface area contributed by atoms with E-state index in [9.17, 15) is 0 Å². The van der Waals surface area contributed by atoms with Crippen LogP contribution in [-0.2, 0) is 0 Å². The van der Waals surface area contributed by atoms with Gasteiger partial charge < -0.3 is 14.8 Å². The molecule has 0 bridgehead atoms. The minimum Gasteiger partial charge on any atom is -0.493 e. The molecule has 1 N–H and O–H groups in total. The molecule has 1 unspecified atom stereocenters. The van der Waals surface area contributed by atoms with E-state index in [1.807, 2.05) is 31.2 Å². The number of nitrogens with one attached hydrogen (secondary N) is 1. The van der Waals surface area contributed by atoms with Gasteiger partial charge in [-0.3, -0.25) is 0 Å². The second kappa shape index (κ2) is 7.58. The topological polar surface area (TPSA) is 30.5 Å². The first-order valence-corrected chi connectivity index (χ1v) is 7.34. The van der Waals surface area contributed by atoms with Crippen molar-refractivity contribution in [3.63, 3.8) is 0 Å². The minimum atomic E-state index is 0.448. The van der Waals surface area contributed by atoms with E-state index in [1.165, 1.54) is 5.56 Å². The standard InChI is InChI=1S/C18H23NO2/c1-4-21-17-11-10-16(12-18(17)20-3)19-13-14(2)15-8-6-5-7-9-15/h5-12,14,19H,4,13H2,1-3H3. The van der Waals surface area contributed by atoms with Gasteiger partial charge in [0.05, 0.1) is 13.7 Å². The number of rotatable bonds is 7. The highest BCUT2D eigenvalue weighted by molar-refractivity contribution is 5.55. The predicted octanol–water partition coefficient (Wildman–Crippen LogP) is 4.31. The lowest BCUT2D eigenvalue weighted by molar-refractivity contribution is 0.311. The van der Waals surface area contributed by atoms with Crippen molar-refractivity contribution in [2.24, 2.45) is 0 Å². The predicted molar refractivity (Wildman–Crippen MR) is 87.5 cm³/mol. The van der Waals surface area contributed by atoms with Crippen LogP contribution in [0.4, 0.5) is 5.69 Å². The van der Waals surface area contributed by atoms with E-state index < -0.39 is 0 Å². The molecule has 3 nitrogen and oxygen atoms in total. The third-order valence-electron chi connectivity index (χ3n) is 3.44. The summed E-state index contributed by atoms with van der Waals surface area (Å²) < 4.78 is 10.9. The van der Waals surface area contributed by atoms with Crippen LogP contribution in [0.1, 0.15) is 25.3 Å². The van der Waals surface area contributed by atoms with E-state index in [4.69, 9.17) is 9.47 Å². The molecule has 1 atom stereocenters. The summed E-state index contributed by atoms with van der Waals surface area (Å²) in [5.74, 6) is 1.99. The van der Waals surface area contributed by atoms with Gasteiger partial charge in [-0.2, -0.15) is 0 Å². The van der Waals surface area contributed by atoms with E-state index in [-0.39, 0.29) is 0 Å². The van der Waals surface area contributed by atoms with Crippen molar-refractivity contribution in [2.45, 2.75) is 19.8 Å². The Kier molecular flexibility index (Phi) is 5.50. The number of anilines is 1. The molecule has 0 aromatic heterocycles. The smallest absolute Gasteiger partial charge is 0.162 e. The van der Waals surface area contributed by atoms with Crippen molar-refractivity contribution < 1.29 is 9.47 Å². The number of hydrogen-bond donors (Lipinski definition) is 1. The SMILES string of the molecule is CCOc1ccc(NCC(C)c2ccccc2)cc1OC. The van der Waals surface area contributed by atoms with Crippen molar-refractivity contribution in [1.82, 2.24) is 0 Å². The van der Waals surface area contributed by atoms with E-state index in [0.717, 1.165) is 23.7 Å². The Morgan fingerprint density at radius 3 is 2.48 bits per heavy atom. The second-order valence-electron chi connectivity index (χ2n) is 4.99. The fourth-order valence-electron chi connectivity index (χ4n) is 2.22. The number of hydrogen-bond acceptors (Lipinski definition) is 3. The van der Waals surface area contributed by atoms with Gasteiger partial charge >= 0.3 is 0 Å². The summed E-state index contributed by atoms with van der Waals surface area (Å²) >= 11 is 0. The summed E-state index contributed by atoms with van der Waals surface area (Å²) in [5.41, 5.74) is 2.38. The molecule has 0 aliphatic heterocycles. The third-order valence-corrected chi connectivity index (χ3v) is 3.44. The molecular weight excluding hydrogens is 262 g/mol. The van der Waals surface area contributed by atoms with Crippen LogP contribution in [0, 0.1) is 0 Å². The maximum absolute atomic E-state index is 5.53. The van der Waals surface area contributed by atoms with Gasteiger partial charge in [-0.1, -0.05) is 37.3 Å². The summed E-state index contributed by atoms with van der Waals surface area (Å²) in [4.78, 5) is 0. The molecule has 2 aromatic carbocycles. The van der Waals surface area contributed by atoms with Crippen molar-refractivity contribution in [3.05, 3.63) is 54.1 Å².